The van der Waals surface area contributed by atoms with Crippen molar-refractivity contribution >= 4 is 5.82 Å². The Bertz CT molecular complexity index is 606. The molecule has 22 heavy (non-hydrogen) atoms. The number of benzene rings is 1. The number of halogens is 2. The molecule has 1 unspecified atom stereocenters. The third kappa shape index (κ3) is 3.55. The molecule has 0 spiro atoms. The molecule has 5 nitrogen and oxygen atoms in total. The van der Waals surface area contributed by atoms with Crippen molar-refractivity contribution in [2.75, 3.05) is 24.5 Å². The van der Waals surface area contributed by atoms with Crippen LogP contribution in [0.1, 0.15) is 5.56 Å². The molecule has 0 radical (unpaired) electrons. The Morgan fingerprint density at radius 2 is 2.05 bits per heavy atom. The van der Waals surface area contributed by atoms with E-state index in [1.165, 1.54) is 12.1 Å². The van der Waals surface area contributed by atoms with Gasteiger partial charge in [-0.3, -0.25) is 4.98 Å². The number of aromatic nitrogens is 2. The SMILES string of the molecule is Fc1cc(F)cc(COC2CNCCN2c2cnccn2)c1. The van der Waals surface area contributed by atoms with E-state index < -0.39 is 11.6 Å². The first-order valence-electron chi connectivity index (χ1n) is 7.02. The Morgan fingerprint density at radius 1 is 1.23 bits per heavy atom. The van der Waals surface area contributed by atoms with E-state index in [0.29, 0.717) is 12.1 Å². The molecule has 0 aliphatic carbocycles. The van der Waals surface area contributed by atoms with Gasteiger partial charge in [-0.15, -0.1) is 0 Å². The number of nitrogens with one attached hydrogen (secondary N) is 1. The van der Waals surface area contributed by atoms with E-state index in [1.54, 1.807) is 18.6 Å². The highest BCUT2D eigenvalue weighted by Gasteiger charge is 2.24. The van der Waals surface area contributed by atoms with Gasteiger partial charge in [-0.2, -0.15) is 0 Å². The van der Waals surface area contributed by atoms with Crippen LogP contribution < -0.4 is 10.2 Å². The van der Waals surface area contributed by atoms with Crippen molar-refractivity contribution < 1.29 is 13.5 Å². The number of piperazine rings is 1. The Labute approximate surface area is 127 Å². The maximum Gasteiger partial charge on any atom is 0.149 e. The van der Waals surface area contributed by atoms with Gasteiger partial charge in [0.1, 0.15) is 23.7 Å². The molecule has 3 rings (SSSR count). The summed E-state index contributed by atoms with van der Waals surface area (Å²) in [6, 6.07) is 3.38. The molecular formula is C15H16F2N4O. The quantitative estimate of drug-likeness (QED) is 0.932. The molecule has 0 bridgehead atoms. The van der Waals surface area contributed by atoms with Crippen LogP contribution in [-0.2, 0) is 11.3 Å². The van der Waals surface area contributed by atoms with Crippen LogP contribution in [0.5, 0.6) is 0 Å². The number of hydrogen-bond acceptors (Lipinski definition) is 5. The summed E-state index contributed by atoms with van der Waals surface area (Å²) in [6.45, 7) is 2.26. The number of ether oxygens (including phenoxy) is 1. The summed E-state index contributed by atoms with van der Waals surface area (Å²) in [5, 5.41) is 3.23. The minimum absolute atomic E-state index is 0.123. The van der Waals surface area contributed by atoms with Gasteiger partial charge in [0.15, 0.2) is 0 Å². The lowest BCUT2D eigenvalue weighted by atomic mass is 10.2. The molecule has 7 heteroatoms. The number of nitrogens with zero attached hydrogens (tertiary/aromatic N) is 3. The third-order valence-corrected chi connectivity index (χ3v) is 3.40. The van der Waals surface area contributed by atoms with Crippen LogP contribution in [0.25, 0.3) is 0 Å². The normalized spacial score (nSPS) is 18.5. The average Bonchev–Trinajstić information content (AvgIpc) is 2.53. The van der Waals surface area contributed by atoms with Crippen molar-refractivity contribution in [3.05, 3.63) is 54.0 Å². The summed E-state index contributed by atoms with van der Waals surface area (Å²) in [4.78, 5) is 10.3. The number of hydrogen-bond donors (Lipinski definition) is 1. The third-order valence-electron chi connectivity index (χ3n) is 3.40. The Morgan fingerprint density at radius 3 is 2.77 bits per heavy atom. The van der Waals surface area contributed by atoms with Crippen molar-refractivity contribution in [2.45, 2.75) is 12.8 Å². The maximum absolute atomic E-state index is 13.2. The van der Waals surface area contributed by atoms with E-state index in [4.69, 9.17) is 4.74 Å². The molecule has 1 aromatic carbocycles. The predicted octanol–water partition coefficient (Wildman–Crippen LogP) is 1.71. The zero-order chi connectivity index (χ0) is 15.4. The smallest absolute Gasteiger partial charge is 0.149 e. The lowest BCUT2D eigenvalue weighted by Crippen LogP contribution is -2.53. The van der Waals surface area contributed by atoms with Gasteiger partial charge in [0.05, 0.1) is 12.8 Å². The van der Waals surface area contributed by atoms with Gasteiger partial charge in [0, 0.05) is 38.1 Å². The second kappa shape index (κ2) is 6.76. The standard InChI is InChI=1S/C15H16F2N4O/c16-12-5-11(6-13(17)7-12)10-22-15-9-19-3-4-21(15)14-8-18-1-2-20-14/h1-2,5-8,15,19H,3-4,9-10H2. The topological polar surface area (TPSA) is 50.3 Å². The molecule has 116 valence electrons. The van der Waals surface area contributed by atoms with Crippen molar-refractivity contribution in [1.29, 1.82) is 0 Å². The summed E-state index contributed by atoms with van der Waals surface area (Å²) in [6.07, 6.45) is 4.63. The highest BCUT2D eigenvalue weighted by molar-refractivity contribution is 5.36. The van der Waals surface area contributed by atoms with Gasteiger partial charge in [0.2, 0.25) is 0 Å². The van der Waals surface area contributed by atoms with Gasteiger partial charge < -0.3 is 15.0 Å². The zero-order valence-electron chi connectivity index (χ0n) is 11.9. The van der Waals surface area contributed by atoms with Crippen molar-refractivity contribution in [3.8, 4) is 0 Å². The Hall–Kier alpha value is -2.12. The second-order valence-electron chi connectivity index (χ2n) is 5.00. The molecule has 2 heterocycles. The predicted molar refractivity (Wildman–Crippen MR) is 77.2 cm³/mol. The van der Waals surface area contributed by atoms with Crippen LogP contribution in [0.4, 0.5) is 14.6 Å². The van der Waals surface area contributed by atoms with Crippen LogP contribution in [0.2, 0.25) is 0 Å². The molecule has 1 aliphatic heterocycles. The minimum Gasteiger partial charge on any atom is -0.352 e. The maximum atomic E-state index is 13.2. The molecule has 0 saturated carbocycles. The molecule has 2 aromatic rings. The van der Waals surface area contributed by atoms with E-state index in [2.05, 4.69) is 15.3 Å². The molecule has 1 atom stereocenters. The summed E-state index contributed by atoms with van der Waals surface area (Å²) >= 11 is 0. The van der Waals surface area contributed by atoms with Crippen molar-refractivity contribution in [1.82, 2.24) is 15.3 Å². The van der Waals surface area contributed by atoms with Crippen LogP contribution in [0.3, 0.4) is 0 Å². The van der Waals surface area contributed by atoms with Gasteiger partial charge in [-0.1, -0.05) is 0 Å². The van der Waals surface area contributed by atoms with Crippen LogP contribution in [-0.4, -0.2) is 35.8 Å². The fourth-order valence-corrected chi connectivity index (χ4v) is 2.42. The van der Waals surface area contributed by atoms with E-state index in [1.807, 2.05) is 4.90 Å². The van der Waals surface area contributed by atoms with Crippen molar-refractivity contribution in [2.24, 2.45) is 0 Å². The number of rotatable bonds is 4. The molecular weight excluding hydrogens is 290 g/mol. The van der Waals surface area contributed by atoms with Crippen molar-refractivity contribution in [3.63, 3.8) is 0 Å². The first-order valence-corrected chi connectivity index (χ1v) is 7.02. The van der Waals surface area contributed by atoms with Gasteiger partial charge in [-0.05, 0) is 17.7 Å². The monoisotopic (exact) mass is 306 g/mol. The average molecular weight is 306 g/mol. The Balaban J connectivity index is 1.69. The lowest BCUT2D eigenvalue weighted by molar-refractivity contribution is 0.0303. The highest BCUT2D eigenvalue weighted by Crippen LogP contribution is 2.17. The first-order chi connectivity index (χ1) is 10.7. The largest absolute Gasteiger partial charge is 0.352 e. The Kier molecular flexibility index (Phi) is 4.55. The molecule has 1 fully saturated rings. The van der Waals surface area contributed by atoms with E-state index in [9.17, 15) is 8.78 Å². The molecule has 1 saturated heterocycles. The van der Waals surface area contributed by atoms with Gasteiger partial charge >= 0.3 is 0 Å². The van der Waals surface area contributed by atoms with Crippen LogP contribution >= 0.6 is 0 Å². The lowest BCUT2D eigenvalue weighted by Gasteiger charge is -2.36. The second-order valence-corrected chi connectivity index (χ2v) is 5.00. The summed E-state index contributed by atoms with van der Waals surface area (Å²) in [5.41, 5.74) is 0.460. The molecule has 1 aliphatic rings. The molecule has 1 aromatic heterocycles. The molecule has 0 amide bonds. The van der Waals surface area contributed by atoms with E-state index in [-0.39, 0.29) is 12.8 Å². The molecule has 1 N–H and O–H groups in total. The minimum atomic E-state index is -0.605. The summed E-state index contributed by atoms with van der Waals surface area (Å²) < 4.78 is 32.2. The van der Waals surface area contributed by atoms with Gasteiger partial charge in [0.25, 0.3) is 0 Å². The van der Waals surface area contributed by atoms with E-state index >= 15 is 0 Å². The van der Waals surface area contributed by atoms with Gasteiger partial charge in [-0.25, -0.2) is 13.8 Å². The van der Waals surface area contributed by atoms with Crippen LogP contribution in [0, 0.1) is 11.6 Å². The summed E-state index contributed by atoms with van der Waals surface area (Å²) in [5.74, 6) is -0.489. The fourth-order valence-electron chi connectivity index (χ4n) is 2.42. The zero-order valence-corrected chi connectivity index (χ0v) is 11.9. The first kappa shape index (κ1) is 14.8. The van der Waals surface area contributed by atoms with E-state index in [0.717, 1.165) is 25.0 Å². The highest BCUT2D eigenvalue weighted by atomic mass is 19.1. The summed E-state index contributed by atoms with van der Waals surface area (Å²) in [7, 11) is 0. The number of anilines is 1. The van der Waals surface area contributed by atoms with Crippen LogP contribution in [0.15, 0.2) is 36.8 Å². The fraction of sp³-hybridized carbons (Fsp3) is 0.333.